The summed E-state index contributed by atoms with van der Waals surface area (Å²) in [5.74, 6) is 0.741. The third kappa shape index (κ3) is 5.32. The lowest BCUT2D eigenvalue weighted by atomic mass is 10.1. The first kappa shape index (κ1) is 14.7. The van der Waals surface area contributed by atoms with Gasteiger partial charge in [0.1, 0.15) is 0 Å². The summed E-state index contributed by atoms with van der Waals surface area (Å²) < 4.78 is 0. The van der Waals surface area contributed by atoms with Crippen LogP contribution in [0.4, 0.5) is 0 Å². The zero-order chi connectivity index (χ0) is 13.4. The molecule has 0 aliphatic rings. The number of carbonyl (C=O) groups is 1. The smallest absolute Gasteiger partial charge is 0.251 e. The molecule has 0 aromatic heterocycles. The van der Waals surface area contributed by atoms with Crippen molar-refractivity contribution in [2.45, 2.75) is 33.2 Å². The normalized spacial score (nSPS) is 10.7. The second kappa shape index (κ2) is 7.88. The molecule has 100 valence electrons. The van der Waals surface area contributed by atoms with Gasteiger partial charge in [0.25, 0.3) is 5.91 Å². The van der Waals surface area contributed by atoms with Crippen molar-refractivity contribution in [3.8, 4) is 0 Å². The van der Waals surface area contributed by atoms with Crippen LogP contribution in [0.1, 0.15) is 42.6 Å². The number of carbonyl (C=O) groups excluding carboxylic acids is 1. The summed E-state index contributed by atoms with van der Waals surface area (Å²) in [5, 5.41) is 6.04. The molecule has 1 aromatic rings. The molecule has 3 heteroatoms. The second-order valence-electron chi connectivity index (χ2n) is 4.99. The number of benzene rings is 1. The first-order chi connectivity index (χ1) is 8.63. The fourth-order valence-corrected chi connectivity index (χ4v) is 1.79. The maximum Gasteiger partial charge on any atom is 0.251 e. The molecule has 3 nitrogen and oxygen atoms in total. The minimum absolute atomic E-state index is 0.0357. The Balaban J connectivity index is 2.29. The molecule has 0 radical (unpaired) electrons. The van der Waals surface area contributed by atoms with Gasteiger partial charge in [-0.1, -0.05) is 26.0 Å². The minimum atomic E-state index is -0.0357. The summed E-state index contributed by atoms with van der Waals surface area (Å²) in [4.78, 5) is 11.4. The molecule has 0 saturated heterocycles. The summed E-state index contributed by atoms with van der Waals surface area (Å²) in [7, 11) is 1.65. The van der Waals surface area contributed by atoms with Crippen molar-refractivity contribution in [3.63, 3.8) is 0 Å². The fourth-order valence-electron chi connectivity index (χ4n) is 1.79. The van der Waals surface area contributed by atoms with E-state index < -0.39 is 0 Å². The van der Waals surface area contributed by atoms with E-state index in [0.29, 0.717) is 5.56 Å². The second-order valence-corrected chi connectivity index (χ2v) is 4.99. The van der Waals surface area contributed by atoms with E-state index in [-0.39, 0.29) is 5.91 Å². The Morgan fingerprint density at radius 2 is 1.89 bits per heavy atom. The Morgan fingerprint density at radius 1 is 1.22 bits per heavy atom. The van der Waals surface area contributed by atoms with Crippen molar-refractivity contribution in [2.75, 3.05) is 13.6 Å². The third-order valence-corrected chi connectivity index (χ3v) is 2.91. The van der Waals surface area contributed by atoms with Crippen LogP contribution in [0.3, 0.4) is 0 Å². The molecule has 0 atom stereocenters. The first-order valence-corrected chi connectivity index (χ1v) is 6.65. The monoisotopic (exact) mass is 248 g/mol. The molecular weight excluding hydrogens is 224 g/mol. The lowest BCUT2D eigenvalue weighted by molar-refractivity contribution is 0.0963. The molecule has 1 amide bonds. The first-order valence-electron chi connectivity index (χ1n) is 6.65. The Morgan fingerprint density at radius 3 is 2.44 bits per heavy atom. The molecule has 0 fully saturated rings. The van der Waals surface area contributed by atoms with Gasteiger partial charge in [-0.15, -0.1) is 0 Å². The van der Waals surface area contributed by atoms with Crippen LogP contribution in [0.25, 0.3) is 0 Å². The minimum Gasteiger partial charge on any atom is -0.355 e. The SMILES string of the molecule is CNC(=O)c1ccc(CNCCCC(C)C)cc1. The standard InChI is InChI=1S/C15H24N2O/c1-12(2)5-4-10-17-11-13-6-8-14(9-7-13)15(18)16-3/h6-9,12,17H,4-5,10-11H2,1-3H3,(H,16,18). The molecule has 18 heavy (non-hydrogen) atoms. The van der Waals surface area contributed by atoms with Gasteiger partial charge in [-0.05, 0) is 43.0 Å². The van der Waals surface area contributed by atoms with Crippen LogP contribution in [0.15, 0.2) is 24.3 Å². The maximum absolute atomic E-state index is 11.4. The summed E-state index contributed by atoms with van der Waals surface area (Å²) in [6, 6.07) is 7.73. The Bertz CT molecular complexity index is 357. The van der Waals surface area contributed by atoms with Crippen molar-refractivity contribution in [1.29, 1.82) is 0 Å². The van der Waals surface area contributed by atoms with E-state index in [1.54, 1.807) is 7.05 Å². The molecule has 0 saturated carbocycles. The molecule has 0 heterocycles. The number of rotatable bonds is 7. The van der Waals surface area contributed by atoms with Crippen molar-refractivity contribution < 1.29 is 4.79 Å². The van der Waals surface area contributed by atoms with E-state index in [0.717, 1.165) is 19.0 Å². The zero-order valence-electron chi connectivity index (χ0n) is 11.6. The van der Waals surface area contributed by atoms with Crippen molar-refractivity contribution in [1.82, 2.24) is 10.6 Å². The maximum atomic E-state index is 11.4. The number of hydrogen-bond acceptors (Lipinski definition) is 2. The van der Waals surface area contributed by atoms with Crippen LogP contribution >= 0.6 is 0 Å². The predicted octanol–water partition coefficient (Wildman–Crippen LogP) is 2.57. The highest BCUT2D eigenvalue weighted by Crippen LogP contribution is 2.05. The molecule has 0 spiro atoms. The van der Waals surface area contributed by atoms with Crippen molar-refractivity contribution in [2.24, 2.45) is 5.92 Å². The Labute approximate surface area is 110 Å². The number of amides is 1. The summed E-state index contributed by atoms with van der Waals surface area (Å²) in [6.07, 6.45) is 2.48. The average molecular weight is 248 g/mol. The predicted molar refractivity (Wildman–Crippen MR) is 75.6 cm³/mol. The molecule has 1 aromatic carbocycles. The van der Waals surface area contributed by atoms with Gasteiger partial charge in [0.2, 0.25) is 0 Å². The van der Waals surface area contributed by atoms with Crippen LogP contribution in [0.2, 0.25) is 0 Å². The van der Waals surface area contributed by atoms with E-state index in [9.17, 15) is 4.79 Å². The zero-order valence-corrected chi connectivity index (χ0v) is 11.6. The Kier molecular flexibility index (Phi) is 6.44. The number of nitrogens with one attached hydrogen (secondary N) is 2. The highest BCUT2D eigenvalue weighted by molar-refractivity contribution is 5.93. The number of hydrogen-bond donors (Lipinski definition) is 2. The average Bonchev–Trinajstić information content (AvgIpc) is 2.38. The van der Waals surface area contributed by atoms with Gasteiger partial charge in [0, 0.05) is 19.2 Å². The molecule has 0 bridgehead atoms. The van der Waals surface area contributed by atoms with E-state index in [1.807, 2.05) is 24.3 Å². The van der Waals surface area contributed by atoms with Crippen LogP contribution in [0, 0.1) is 5.92 Å². The van der Waals surface area contributed by atoms with E-state index in [2.05, 4.69) is 24.5 Å². The molecule has 0 aliphatic carbocycles. The van der Waals surface area contributed by atoms with Gasteiger partial charge in [0.05, 0.1) is 0 Å². The lowest BCUT2D eigenvalue weighted by Gasteiger charge is -2.07. The van der Waals surface area contributed by atoms with Crippen LogP contribution in [-0.2, 0) is 6.54 Å². The summed E-state index contributed by atoms with van der Waals surface area (Å²) >= 11 is 0. The van der Waals surface area contributed by atoms with Crippen LogP contribution in [0.5, 0.6) is 0 Å². The largest absolute Gasteiger partial charge is 0.355 e. The van der Waals surface area contributed by atoms with Gasteiger partial charge < -0.3 is 10.6 Å². The lowest BCUT2D eigenvalue weighted by Crippen LogP contribution is -2.18. The molecule has 0 unspecified atom stereocenters. The van der Waals surface area contributed by atoms with Gasteiger partial charge in [-0.2, -0.15) is 0 Å². The molecule has 0 aliphatic heterocycles. The van der Waals surface area contributed by atoms with Crippen LogP contribution in [-0.4, -0.2) is 19.5 Å². The summed E-state index contributed by atoms with van der Waals surface area (Å²) in [5.41, 5.74) is 1.92. The van der Waals surface area contributed by atoms with Gasteiger partial charge in [-0.25, -0.2) is 0 Å². The fraction of sp³-hybridized carbons (Fsp3) is 0.533. The highest BCUT2D eigenvalue weighted by atomic mass is 16.1. The molecule has 1 rings (SSSR count). The van der Waals surface area contributed by atoms with Crippen LogP contribution < -0.4 is 10.6 Å². The Hall–Kier alpha value is -1.35. The van der Waals surface area contributed by atoms with E-state index in [1.165, 1.54) is 18.4 Å². The van der Waals surface area contributed by atoms with E-state index >= 15 is 0 Å². The van der Waals surface area contributed by atoms with Crippen molar-refractivity contribution in [3.05, 3.63) is 35.4 Å². The third-order valence-electron chi connectivity index (χ3n) is 2.91. The molecule has 2 N–H and O–H groups in total. The quantitative estimate of drug-likeness (QED) is 0.728. The van der Waals surface area contributed by atoms with Crippen molar-refractivity contribution >= 4 is 5.91 Å². The van der Waals surface area contributed by atoms with Gasteiger partial charge in [-0.3, -0.25) is 4.79 Å². The molecular formula is C15H24N2O. The van der Waals surface area contributed by atoms with Gasteiger partial charge in [0.15, 0.2) is 0 Å². The van der Waals surface area contributed by atoms with E-state index in [4.69, 9.17) is 0 Å². The summed E-state index contributed by atoms with van der Waals surface area (Å²) in [6.45, 7) is 6.41. The highest BCUT2D eigenvalue weighted by Gasteiger charge is 2.01. The van der Waals surface area contributed by atoms with Gasteiger partial charge >= 0.3 is 0 Å². The topological polar surface area (TPSA) is 41.1 Å².